The van der Waals surface area contributed by atoms with E-state index in [4.69, 9.17) is 11.6 Å². The standard InChI is InChI=1S/C25H28ClN3O2/c26-20-12-10-19(11-13-20)25-22-8-2-1-7-21(22)24(31)29(25)18-17-28(25)23(30)9-3-4-14-27-15-5-6-16-27/h1-2,7-8,10-13H,3-6,9,14-18H2. The van der Waals surface area contributed by atoms with Gasteiger partial charge in [0.1, 0.15) is 0 Å². The molecule has 2 aromatic rings. The number of amides is 2. The number of carbonyl (C=O) groups is 2. The molecule has 162 valence electrons. The van der Waals surface area contributed by atoms with Crippen LogP contribution in [-0.2, 0) is 10.5 Å². The molecule has 0 aromatic heterocycles. The smallest absolute Gasteiger partial charge is 0.256 e. The van der Waals surface area contributed by atoms with Crippen molar-refractivity contribution in [1.82, 2.24) is 14.7 Å². The van der Waals surface area contributed by atoms with E-state index in [1.807, 2.05) is 58.3 Å². The first kappa shape index (κ1) is 20.5. The third-order valence-corrected chi connectivity index (χ3v) is 7.22. The topological polar surface area (TPSA) is 43.9 Å². The molecule has 0 spiro atoms. The molecule has 1 unspecified atom stereocenters. The summed E-state index contributed by atoms with van der Waals surface area (Å²) < 4.78 is 0. The fourth-order valence-corrected chi connectivity index (χ4v) is 5.66. The molecule has 2 fully saturated rings. The summed E-state index contributed by atoms with van der Waals surface area (Å²) in [5.41, 5.74) is 1.62. The van der Waals surface area contributed by atoms with Gasteiger partial charge in [0.2, 0.25) is 5.91 Å². The average molecular weight is 438 g/mol. The van der Waals surface area contributed by atoms with Gasteiger partial charge < -0.3 is 14.7 Å². The quantitative estimate of drug-likeness (QED) is 0.639. The summed E-state index contributed by atoms with van der Waals surface area (Å²) in [6, 6.07) is 15.3. The highest BCUT2D eigenvalue weighted by Crippen LogP contribution is 2.49. The summed E-state index contributed by atoms with van der Waals surface area (Å²) in [6.45, 7) is 4.54. The number of unbranched alkanes of at least 4 members (excludes halogenated alkanes) is 1. The zero-order valence-corrected chi connectivity index (χ0v) is 18.5. The second-order valence-electron chi connectivity index (χ2n) is 8.73. The van der Waals surface area contributed by atoms with E-state index in [0.29, 0.717) is 30.1 Å². The van der Waals surface area contributed by atoms with Crippen LogP contribution in [0.25, 0.3) is 0 Å². The normalized spacial score (nSPS) is 22.8. The van der Waals surface area contributed by atoms with Crippen LogP contribution in [0.15, 0.2) is 48.5 Å². The lowest BCUT2D eigenvalue weighted by Crippen LogP contribution is -2.51. The number of hydrogen-bond acceptors (Lipinski definition) is 3. The van der Waals surface area contributed by atoms with Crippen LogP contribution >= 0.6 is 11.6 Å². The van der Waals surface area contributed by atoms with Crippen LogP contribution in [0.3, 0.4) is 0 Å². The van der Waals surface area contributed by atoms with Gasteiger partial charge in [-0.05, 0) is 63.5 Å². The Morgan fingerprint density at radius 1 is 0.935 bits per heavy atom. The zero-order valence-electron chi connectivity index (χ0n) is 17.7. The molecule has 31 heavy (non-hydrogen) atoms. The fraction of sp³-hybridized carbons (Fsp3) is 0.440. The van der Waals surface area contributed by atoms with Crippen molar-refractivity contribution in [2.75, 3.05) is 32.7 Å². The Hall–Kier alpha value is -2.37. The molecule has 3 aliphatic rings. The lowest BCUT2D eigenvalue weighted by molar-refractivity contribution is -0.136. The molecule has 2 aromatic carbocycles. The minimum absolute atomic E-state index is 0.00474. The van der Waals surface area contributed by atoms with E-state index in [9.17, 15) is 9.59 Å². The van der Waals surface area contributed by atoms with E-state index in [0.717, 1.165) is 30.5 Å². The summed E-state index contributed by atoms with van der Waals surface area (Å²) >= 11 is 6.16. The summed E-state index contributed by atoms with van der Waals surface area (Å²) in [7, 11) is 0. The maximum absolute atomic E-state index is 13.5. The van der Waals surface area contributed by atoms with Gasteiger partial charge in [-0.2, -0.15) is 0 Å². The van der Waals surface area contributed by atoms with E-state index >= 15 is 0 Å². The Bertz CT molecular complexity index is 987. The van der Waals surface area contributed by atoms with Gasteiger partial charge in [0.15, 0.2) is 5.66 Å². The first-order chi connectivity index (χ1) is 15.1. The maximum atomic E-state index is 13.5. The largest absolute Gasteiger partial charge is 0.310 e. The van der Waals surface area contributed by atoms with E-state index in [1.165, 1.54) is 25.9 Å². The van der Waals surface area contributed by atoms with Crippen LogP contribution < -0.4 is 0 Å². The SMILES string of the molecule is O=C(CCCCN1CCCC1)N1CCN2C(=O)c3ccccc3C12c1ccc(Cl)cc1. The molecule has 5 rings (SSSR count). The number of halogens is 1. The molecule has 0 saturated carbocycles. The van der Waals surface area contributed by atoms with E-state index in [-0.39, 0.29) is 11.8 Å². The average Bonchev–Trinajstić information content (AvgIpc) is 3.49. The van der Waals surface area contributed by atoms with Crippen molar-refractivity contribution >= 4 is 23.4 Å². The Labute approximate surface area is 188 Å². The van der Waals surface area contributed by atoms with Crippen molar-refractivity contribution < 1.29 is 9.59 Å². The number of nitrogens with zero attached hydrogens (tertiary/aromatic N) is 3. The van der Waals surface area contributed by atoms with Gasteiger partial charge in [-0.25, -0.2) is 0 Å². The van der Waals surface area contributed by atoms with Crippen molar-refractivity contribution in [2.24, 2.45) is 0 Å². The van der Waals surface area contributed by atoms with Crippen LogP contribution in [0.5, 0.6) is 0 Å². The molecule has 0 N–H and O–H groups in total. The highest BCUT2D eigenvalue weighted by atomic mass is 35.5. The summed E-state index contributed by atoms with van der Waals surface area (Å²) in [6.07, 6.45) is 5.00. The third-order valence-electron chi connectivity index (χ3n) is 6.97. The maximum Gasteiger partial charge on any atom is 0.256 e. The lowest BCUT2D eigenvalue weighted by Gasteiger charge is -2.40. The Morgan fingerprint density at radius 3 is 2.45 bits per heavy atom. The zero-order chi connectivity index (χ0) is 21.4. The second kappa shape index (κ2) is 8.29. The first-order valence-corrected chi connectivity index (χ1v) is 11.7. The van der Waals surface area contributed by atoms with E-state index < -0.39 is 5.66 Å². The van der Waals surface area contributed by atoms with Crippen LogP contribution in [0.2, 0.25) is 5.02 Å². The van der Waals surface area contributed by atoms with Gasteiger partial charge in [0.25, 0.3) is 5.91 Å². The summed E-state index contributed by atoms with van der Waals surface area (Å²) in [5.74, 6) is 0.109. The van der Waals surface area contributed by atoms with Crippen molar-refractivity contribution in [3.05, 3.63) is 70.2 Å². The number of rotatable bonds is 6. The molecule has 3 aliphatic heterocycles. The van der Waals surface area contributed by atoms with Gasteiger partial charge in [-0.3, -0.25) is 9.59 Å². The Morgan fingerprint density at radius 2 is 1.68 bits per heavy atom. The summed E-state index contributed by atoms with van der Waals surface area (Å²) in [5, 5.41) is 0.641. The number of hydrogen-bond donors (Lipinski definition) is 0. The van der Waals surface area contributed by atoms with Crippen LogP contribution in [0, 0.1) is 0 Å². The van der Waals surface area contributed by atoms with E-state index in [2.05, 4.69) is 4.90 Å². The summed E-state index contributed by atoms with van der Waals surface area (Å²) in [4.78, 5) is 33.0. The molecule has 0 aliphatic carbocycles. The van der Waals surface area contributed by atoms with E-state index in [1.54, 1.807) is 0 Å². The fourth-order valence-electron chi connectivity index (χ4n) is 5.54. The Balaban J connectivity index is 1.44. The lowest BCUT2D eigenvalue weighted by atomic mass is 9.89. The number of benzene rings is 2. The molecule has 2 saturated heterocycles. The third kappa shape index (κ3) is 3.35. The van der Waals surface area contributed by atoms with Gasteiger partial charge >= 0.3 is 0 Å². The second-order valence-corrected chi connectivity index (χ2v) is 9.17. The number of likely N-dealkylation sites (tertiary alicyclic amines) is 1. The molecule has 1 atom stereocenters. The molecule has 2 amide bonds. The van der Waals surface area contributed by atoms with Gasteiger partial charge in [0.05, 0.1) is 0 Å². The minimum Gasteiger partial charge on any atom is -0.310 e. The highest BCUT2D eigenvalue weighted by molar-refractivity contribution is 6.30. The van der Waals surface area contributed by atoms with Crippen molar-refractivity contribution in [1.29, 1.82) is 0 Å². The van der Waals surface area contributed by atoms with Gasteiger partial charge in [-0.1, -0.05) is 41.9 Å². The number of fused-ring (bicyclic) bond motifs is 3. The van der Waals surface area contributed by atoms with Crippen molar-refractivity contribution in [2.45, 2.75) is 37.8 Å². The van der Waals surface area contributed by atoms with Crippen LogP contribution in [-0.4, -0.2) is 59.2 Å². The molecule has 0 bridgehead atoms. The molecule has 0 radical (unpaired) electrons. The highest BCUT2D eigenvalue weighted by Gasteiger charge is 2.59. The molecular formula is C25H28ClN3O2. The number of carbonyl (C=O) groups excluding carboxylic acids is 2. The van der Waals surface area contributed by atoms with Gasteiger partial charge in [0, 0.05) is 41.2 Å². The Kier molecular flexibility index (Phi) is 5.49. The molecule has 5 nitrogen and oxygen atoms in total. The van der Waals surface area contributed by atoms with Gasteiger partial charge in [-0.15, -0.1) is 0 Å². The monoisotopic (exact) mass is 437 g/mol. The van der Waals surface area contributed by atoms with Crippen LogP contribution in [0.4, 0.5) is 0 Å². The molecular weight excluding hydrogens is 410 g/mol. The molecule has 3 heterocycles. The predicted octanol–water partition coefficient (Wildman–Crippen LogP) is 4.11. The predicted molar refractivity (Wildman–Crippen MR) is 121 cm³/mol. The van der Waals surface area contributed by atoms with Crippen LogP contribution in [0.1, 0.15) is 53.6 Å². The minimum atomic E-state index is -0.871. The van der Waals surface area contributed by atoms with Crippen molar-refractivity contribution in [3.8, 4) is 0 Å². The van der Waals surface area contributed by atoms with Crippen molar-refractivity contribution in [3.63, 3.8) is 0 Å². The molecule has 6 heteroatoms. The first-order valence-electron chi connectivity index (χ1n) is 11.3.